The van der Waals surface area contributed by atoms with Gasteiger partial charge in [-0.2, -0.15) is 0 Å². The van der Waals surface area contributed by atoms with Crippen molar-refractivity contribution in [1.82, 2.24) is 0 Å². The minimum Gasteiger partial charge on any atom is -0.323 e. The molecule has 1 unspecified atom stereocenters. The first-order valence-corrected chi connectivity index (χ1v) is 4.19. The molecule has 3 heteroatoms. The highest BCUT2D eigenvalue weighted by atomic mass is 19.3. The third kappa shape index (κ3) is 3.11. The van der Waals surface area contributed by atoms with Gasteiger partial charge in [0.15, 0.2) is 0 Å². The van der Waals surface area contributed by atoms with Crippen LogP contribution in [0, 0.1) is 6.92 Å². The molecule has 0 aromatic heterocycles. The third-order valence-corrected chi connectivity index (χ3v) is 1.92. The maximum absolute atomic E-state index is 12.1. The summed E-state index contributed by atoms with van der Waals surface area (Å²) in [5, 5.41) is 0. The van der Waals surface area contributed by atoms with E-state index in [-0.39, 0.29) is 6.42 Å². The van der Waals surface area contributed by atoms with Crippen LogP contribution in [0.5, 0.6) is 0 Å². The van der Waals surface area contributed by atoms with E-state index in [1.165, 1.54) is 0 Å². The number of nitrogens with two attached hydrogens (primary N) is 1. The van der Waals surface area contributed by atoms with Crippen molar-refractivity contribution < 1.29 is 8.78 Å². The fourth-order valence-electron chi connectivity index (χ4n) is 1.09. The standard InChI is InChI=1S/C10H13F2N/c1-7-2-4-8(5-3-7)6-9(13)10(11)12/h2-5,9-10H,6,13H2,1H3. The van der Waals surface area contributed by atoms with E-state index in [1.54, 1.807) is 0 Å². The second-order valence-corrected chi connectivity index (χ2v) is 3.19. The summed E-state index contributed by atoms with van der Waals surface area (Å²) in [5.41, 5.74) is 7.22. The van der Waals surface area contributed by atoms with Crippen molar-refractivity contribution in [2.45, 2.75) is 25.8 Å². The van der Waals surface area contributed by atoms with Crippen LogP contribution < -0.4 is 5.73 Å². The van der Waals surface area contributed by atoms with Crippen molar-refractivity contribution in [3.05, 3.63) is 35.4 Å². The highest BCUT2D eigenvalue weighted by Crippen LogP contribution is 2.08. The molecule has 0 amide bonds. The van der Waals surface area contributed by atoms with Crippen LogP contribution in [0.1, 0.15) is 11.1 Å². The molecular formula is C10H13F2N. The van der Waals surface area contributed by atoms with Crippen molar-refractivity contribution in [3.63, 3.8) is 0 Å². The Labute approximate surface area is 76.6 Å². The summed E-state index contributed by atoms with van der Waals surface area (Å²) in [4.78, 5) is 0. The van der Waals surface area contributed by atoms with Crippen molar-refractivity contribution in [3.8, 4) is 0 Å². The van der Waals surface area contributed by atoms with Gasteiger partial charge in [-0.15, -0.1) is 0 Å². The molecule has 1 rings (SSSR count). The lowest BCUT2D eigenvalue weighted by Crippen LogP contribution is -2.30. The van der Waals surface area contributed by atoms with Crippen LogP contribution in [-0.4, -0.2) is 12.5 Å². The number of hydrogen-bond acceptors (Lipinski definition) is 1. The maximum Gasteiger partial charge on any atom is 0.253 e. The van der Waals surface area contributed by atoms with Gasteiger partial charge in [-0.05, 0) is 18.9 Å². The lowest BCUT2D eigenvalue weighted by Gasteiger charge is -2.09. The molecule has 72 valence electrons. The first-order valence-electron chi connectivity index (χ1n) is 4.19. The van der Waals surface area contributed by atoms with E-state index in [2.05, 4.69) is 0 Å². The SMILES string of the molecule is Cc1ccc(CC(N)C(F)F)cc1. The molecule has 0 fully saturated rings. The Morgan fingerprint density at radius 2 is 1.77 bits per heavy atom. The van der Waals surface area contributed by atoms with Gasteiger partial charge in [-0.3, -0.25) is 0 Å². The molecular weight excluding hydrogens is 172 g/mol. The first kappa shape index (κ1) is 10.1. The summed E-state index contributed by atoms with van der Waals surface area (Å²) in [5.74, 6) is 0. The Morgan fingerprint density at radius 1 is 1.23 bits per heavy atom. The largest absolute Gasteiger partial charge is 0.323 e. The monoisotopic (exact) mass is 185 g/mol. The Morgan fingerprint density at radius 3 is 2.23 bits per heavy atom. The Balaban J connectivity index is 2.59. The van der Waals surface area contributed by atoms with Crippen LogP contribution in [0.3, 0.4) is 0 Å². The van der Waals surface area contributed by atoms with Crippen molar-refractivity contribution in [1.29, 1.82) is 0 Å². The van der Waals surface area contributed by atoms with Gasteiger partial charge in [0.2, 0.25) is 0 Å². The van der Waals surface area contributed by atoms with Gasteiger partial charge in [-0.1, -0.05) is 29.8 Å². The predicted molar refractivity (Wildman–Crippen MR) is 48.9 cm³/mol. The fraction of sp³-hybridized carbons (Fsp3) is 0.400. The molecule has 0 saturated heterocycles. The van der Waals surface area contributed by atoms with Crippen molar-refractivity contribution in [2.75, 3.05) is 0 Å². The minimum atomic E-state index is -2.44. The lowest BCUT2D eigenvalue weighted by molar-refractivity contribution is 0.116. The van der Waals surface area contributed by atoms with Gasteiger partial charge < -0.3 is 5.73 Å². The van der Waals surface area contributed by atoms with Gasteiger partial charge in [-0.25, -0.2) is 8.78 Å². The second-order valence-electron chi connectivity index (χ2n) is 3.19. The van der Waals surface area contributed by atoms with Crippen LogP contribution in [-0.2, 0) is 6.42 Å². The number of hydrogen-bond donors (Lipinski definition) is 1. The van der Waals surface area contributed by atoms with Crippen molar-refractivity contribution >= 4 is 0 Å². The Bertz CT molecular complexity index is 256. The Kier molecular flexibility index (Phi) is 3.37. The van der Waals surface area contributed by atoms with Crippen LogP contribution in [0.4, 0.5) is 8.78 Å². The first-order chi connectivity index (χ1) is 6.09. The molecule has 0 aliphatic heterocycles. The Hall–Kier alpha value is -0.960. The minimum absolute atomic E-state index is 0.234. The number of aryl methyl sites for hydroxylation is 1. The highest BCUT2D eigenvalue weighted by molar-refractivity contribution is 5.22. The molecule has 0 aliphatic carbocycles. The molecule has 1 aromatic rings. The van der Waals surface area contributed by atoms with Crippen LogP contribution in [0.2, 0.25) is 0 Å². The quantitative estimate of drug-likeness (QED) is 0.767. The zero-order valence-electron chi connectivity index (χ0n) is 7.50. The molecule has 13 heavy (non-hydrogen) atoms. The van der Waals surface area contributed by atoms with Crippen LogP contribution in [0.15, 0.2) is 24.3 Å². The smallest absolute Gasteiger partial charge is 0.253 e. The van der Waals surface area contributed by atoms with Crippen molar-refractivity contribution in [2.24, 2.45) is 5.73 Å². The number of rotatable bonds is 3. The normalized spacial score (nSPS) is 13.3. The molecule has 2 N–H and O–H groups in total. The number of halogens is 2. The summed E-state index contributed by atoms with van der Waals surface area (Å²) in [6.45, 7) is 1.96. The molecule has 1 atom stereocenters. The molecule has 0 heterocycles. The molecule has 0 saturated carbocycles. The zero-order chi connectivity index (χ0) is 9.84. The fourth-order valence-corrected chi connectivity index (χ4v) is 1.09. The van der Waals surface area contributed by atoms with Gasteiger partial charge in [0, 0.05) is 0 Å². The summed E-state index contributed by atoms with van der Waals surface area (Å²) in [6, 6.07) is 6.40. The molecule has 0 radical (unpaired) electrons. The molecule has 1 aromatic carbocycles. The predicted octanol–water partition coefficient (Wildman–Crippen LogP) is 2.13. The van der Waals surface area contributed by atoms with Gasteiger partial charge in [0.25, 0.3) is 6.43 Å². The van der Waals surface area contributed by atoms with Gasteiger partial charge in [0.05, 0.1) is 6.04 Å². The van der Waals surface area contributed by atoms with E-state index in [0.717, 1.165) is 11.1 Å². The molecule has 0 bridgehead atoms. The topological polar surface area (TPSA) is 26.0 Å². The molecule has 1 nitrogen and oxygen atoms in total. The van der Waals surface area contributed by atoms with E-state index in [0.29, 0.717) is 0 Å². The van der Waals surface area contributed by atoms with Gasteiger partial charge in [0.1, 0.15) is 0 Å². The average Bonchev–Trinajstić information content (AvgIpc) is 2.08. The highest BCUT2D eigenvalue weighted by Gasteiger charge is 2.14. The zero-order valence-corrected chi connectivity index (χ0v) is 7.50. The third-order valence-electron chi connectivity index (χ3n) is 1.92. The van der Waals surface area contributed by atoms with Gasteiger partial charge >= 0.3 is 0 Å². The maximum atomic E-state index is 12.1. The molecule has 0 aliphatic rings. The van der Waals surface area contributed by atoms with Crippen LogP contribution in [0.25, 0.3) is 0 Å². The van der Waals surface area contributed by atoms with E-state index < -0.39 is 12.5 Å². The second kappa shape index (κ2) is 4.33. The summed E-state index contributed by atoms with van der Waals surface area (Å²) < 4.78 is 24.1. The lowest BCUT2D eigenvalue weighted by atomic mass is 10.1. The van der Waals surface area contributed by atoms with E-state index in [9.17, 15) is 8.78 Å². The number of benzene rings is 1. The number of alkyl halides is 2. The molecule has 0 spiro atoms. The van der Waals surface area contributed by atoms with E-state index in [1.807, 2.05) is 31.2 Å². The van der Waals surface area contributed by atoms with Crippen LogP contribution >= 0.6 is 0 Å². The summed E-state index contributed by atoms with van der Waals surface area (Å²) >= 11 is 0. The van der Waals surface area contributed by atoms with E-state index >= 15 is 0 Å². The summed E-state index contributed by atoms with van der Waals surface area (Å²) in [7, 11) is 0. The average molecular weight is 185 g/mol. The van der Waals surface area contributed by atoms with E-state index in [4.69, 9.17) is 5.73 Å². The summed E-state index contributed by atoms with van der Waals surface area (Å²) in [6.07, 6.45) is -2.21.